The maximum Gasteiger partial charge on any atom is 0.307 e. The van der Waals surface area contributed by atoms with E-state index in [1.807, 2.05) is 0 Å². The van der Waals surface area contributed by atoms with Gasteiger partial charge in [0.25, 0.3) is 5.91 Å². The number of hydrogen-bond acceptors (Lipinski definition) is 3. The standard InChI is InChI=1S/C17H13ClN2O3/c18-11-3-6-15-13(8-11)14(17(23)20-15)9-19-12-4-1-10(2-5-12)7-16(21)22/h1-6,8-9,19H,7H2,(H,20,23)(H,21,22)/b14-9-. The first-order valence-electron chi connectivity index (χ1n) is 6.91. The maximum atomic E-state index is 12.0. The normalized spacial score (nSPS) is 14.5. The highest BCUT2D eigenvalue weighted by Gasteiger charge is 2.24. The lowest BCUT2D eigenvalue weighted by molar-refractivity contribution is -0.136. The van der Waals surface area contributed by atoms with E-state index in [4.69, 9.17) is 16.7 Å². The molecule has 3 rings (SSSR count). The van der Waals surface area contributed by atoms with Gasteiger partial charge in [-0.2, -0.15) is 0 Å². The molecule has 0 saturated carbocycles. The number of aliphatic carboxylic acids is 1. The largest absolute Gasteiger partial charge is 0.481 e. The summed E-state index contributed by atoms with van der Waals surface area (Å²) in [5.41, 5.74) is 3.44. The fraction of sp³-hybridized carbons (Fsp3) is 0.0588. The van der Waals surface area contributed by atoms with E-state index >= 15 is 0 Å². The van der Waals surface area contributed by atoms with E-state index in [0.29, 0.717) is 16.2 Å². The number of amides is 1. The quantitative estimate of drug-likeness (QED) is 0.752. The molecule has 0 atom stereocenters. The van der Waals surface area contributed by atoms with Crippen LogP contribution in [-0.2, 0) is 16.0 Å². The van der Waals surface area contributed by atoms with Crippen LogP contribution in [0.1, 0.15) is 11.1 Å². The summed E-state index contributed by atoms with van der Waals surface area (Å²) in [5.74, 6) is -1.07. The van der Waals surface area contributed by atoms with Crippen LogP contribution < -0.4 is 10.6 Å². The van der Waals surface area contributed by atoms with Crippen molar-refractivity contribution < 1.29 is 14.7 Å². The van der Waals surface area contributed by atoms with Crippen LogP contribution in [0.25, 0.3) is 5.57 Å². The number of carbonyl (C=O) groups is 2. The fourth-order valence-electron chi connectivity index (χ4n) is 2.35. The van der Waals surface area contributed by atoms with Gasteiger partial charge in [0.05, 0.1) is 12.0 Å². The Morgan fingerprint density at radius 3 is 2.65 bits per heavy atom. The van der Waals surface area contributed by atoms with Gasteiger partial charge < -0.3 is 15.7 Å². The van der Waals surface area contributed by atoms with Gasteiger partial charge in [-0.25, -0.2) is 0 Å². The maximum absolute atomic E-state index is 12.0. The second-order valence-corrected chi connectivity index (χ2v) is 5.55. The topological polar surface area (TPSA) is 78.4 Å². The van der Waals surface area contributed by atoms with Crippen molar-refractivity contribution in [3.05, 3.63) is 64.8 Å². The summed E-state index contributed by atoms with van der Waals surface area (Å²) in [5, 5.41) is 15.1. The van der Waals surface area contributed by atoms with Crippen molar-refractivity contribution in [2.45, 2.75) is 6.42 Å². The molecule has 116 valence electrons. The lowest BCUT2D eigenvalue weighted by atomic mass is 10.1. The average molecular weight is 329 g/mol. The van der Waals surface area contributed by atoms with E-state index in [9.17, 15) is 9.59 Å². The highest BCUT2D eigenvalue weighted by atomic mass is 35.5. The fourth-order valence-corrected chi connectivity index (χ4v) is 2.52. The average Bonchev–Trinajstić information content (AvgIpc) is 2.81. The van der Waals surface area contributed by atoms with Crippen molar-refractivity contribution in [1.82, 2.24) is 0 Å². The van der Waals surface area contributed by atoms with Crippen molar-refractivity contribution >= 4 is 40.4 Å². The molecule has 0 fully saturated rings. The number of hydrogen-bond donors (Lipinski definition) is 3. The minimum Gasteiger partial charge on any atom is -0.481 e. The third-order valence-corrected chi connectivity index (χ3v) is 3.69. The number of fused-ring (bicyclic) bond motifs is 1. The highest BCUT2D eigenvalue weighted by Crippen LogP contribution is 2.33. The minimum absolute atomic E-state index is 0.0182. The smallest absolute Gasteiger partial charge is 0.307 e. The van der Waals surface area contributed by atoms with Crippen molar-refractivity contribution in [2.24, 2.45) is 0 Å². The molecule has 6 heteroatoms. The highest BCUT2D eigenvalue weighted by molar-refractivity contribution is 6.34. The molecule has 1 heterocycles. The van der Waals surface area contributed by atoms with Gasteiger partial charge in [-0.1, -0.05) is 23.7 Å². The molecular formula is C17H13ClN2O3. The Balaban J connectivity index is 1.79. The van der Waals surface area contributed by atoms with Gasteiger partial charge >= 0.3 is 5.97 Å². The predicted octanol–water partition coefficient (Wildman–Crippen LogP) is 3.37. The minimum atomic E-state index is -0.871. The Morgan fingerprint density at radius 1 is 1.22 bits per heavy atom. The molecule has 1 aliphatic heterocycles. The number of rotatable bonds is 4. The lowest BCUT2D eigenvalue weighted by Gasteiger charge is -2.04. The first kappa shape index (κ1) is 15.1. The molecule has 0 spiro atoms. The number of nitrogens with one attached hydrogen (secondary N) is 2. The van der Waals surface area contributed by atoms with Gasteiger partial charge in [0.2, 0.25) is 0 Å². The Labute approximate surface area is 137 Å². The van der Waals surface area contributed by atoms with Crippen LogP contribution in [-0.4, -0.2) is 17.0 Å². The van der Waals surface area contributed by atoms with E-state index in [2.05, 4.69) is 10.6 Å². The molecule has 0 unspecified atom stereocenters. The molecule has 1 amide bonds. The van der Waals surface area contributed by atoms with Gasteiger partial charge in [-0.3, -0.25) is 9.59 Å². The second kappa shape index (κ2) is 6.14. The van der Waals surface area contributed by atoms with Crippen molar-refractivity contribution in [3.8, 4) is 0 Å². The van der Waals surface area contributed by atoms with Crippen LogP contribution in [0.3, 0.4) is 0 Å². The van der Waals surface area contributed by atoms with Crippen LogP contribution in [0.15, 0.2) is 48.7 Å². The van der Waals surface area contributed by atoms with Crippen LogP contribution in [0, 0.1) is 0 Å². The molecular weight excluding hydrogens is 316 g/mol. The number of benzene rings is 2. The zero-order valence-electron chi connectivity index (χ0n) is 12.0. The number of anilines is 2. The third kappa shape index (κ3) is 3.35. The first-order chi connectivity index (χ1) is 11.0. The Kier molecular flexibility index (Phi) is 4.04. The van der Waals surface area contributed by atoms with Gasteiger partial charge in [-0.05, 0) is 35.9 Å². The Hall–Kier alpha value is -2.79. The number of carboxylic acid groups (broad SMARTS) is 1. The van der Waals surface area contributed by atoms with Gasteiger partial charge in [-0.15, -0.1) is 0 Å². The molecule has 2 aromatic rings. The SMILES string of the molecule is O=C(O)Cc1ccc(N/C=C2\C(=O)Nc3ccc(Cl)cc32)cc1. The summed E-state index contributed by atoms with van der Waals surface area (Å²) in [6.45, 7) is 0. The lowest BCUT2D eigenvalue weighted by Crippen LogP contribution is -2.05. The summed E-state index contributed by atoms with van der Waals surface area (Å²) in [4.78, 5) is 22.7. The number of carboxylic acids is 1. The molecule has 23 heavy (non-hydrogen) atoms. The van der Waals surface area contributed by atoms with E-state index in [-0.39, 0.29) is 12.3 Å². The molecule has 0 radical (unpaired) electrons. The van der Waals surface area contributed by atoms with E-state index < -0.39 is 5.97 Å². The van der Waals surface area contributed by atoms with Crippen LogP contribution >= 0.6 is 11.6 Å². The predicted molar refractivity (Wildman–Crippen MR) is 89.5 cm³/mol. The van der Waals surface area contributed by atoms with Crippen molar-refractivity contribution in [2.75, 3.05) is 10.6 Å². The van der Waals surface area contributed by atoms with Gasteiger partial charge in [0.1, 0.15) is 0 Å². The molecule has 0 aliphatic carbocycles. The summed E-state index contributed by atoms with van der Waals surface area (Å²) in [7, 11) is 0. The third-order valence-electron chi connectivity index (χ3n) is 3.46. The molecule has 0 saturated heterocycles. The van der Waals surface area contributed by atoms with Crippen LogP contribution in [0.5, 0.6) is 0 Å². The van der Waals surface area contributed by atoms with E-state index in [1.54, 1.807) is 48.7 Å². The molecule has 0 bridgehead atoms. The number of carbonyl (C=O) groups excluding carboxylic acids is 1. The van der Waals surface area contributed by atoms with Gasteiger partial charge in [0, 0.05) is 28.2 Å². The second-order valence-electron chi connectivity index (χ2n) is 5.11. The van der Waals surface area contributed by atoms with Crippen molar-refractivity contribution in [1.29, 1.82) is 0 Å². The molecule has 3 N–H and O–H groups in total. The molecule has 5 nitrogen and oxygen atoms in total. The molecule has 2 aromatic carbocycles. The molecule has 0 aromatic heterocycles. The van der Waals surface area contributed by atoms with E-state index in [1.165, 1.54) is 0 Å². The summed E-state index contributed by atoms with van der Waals surface area (Å²) < 4.78 is 0. The molecule has 1 aliphatic rings. The van der Waals surface area contributed by atoms with E-state index in [0.717, 1.165) is 16.9 Å². The van der Waals surface area contributed by atoms with Crippen LogP contribution in [0.2, 0.25) is 5.02 Å². The summed E-state index contributed by atoms with van der Waals surface area (Å²) >= 11 is 5.98. The van der Waals surface area contributed by atoms with Crippen molar-refractivity contribution in [3.63, 3.8) is 0 Å². The summed E-state index contributed by atoms with van der Waals surface area (Å²) in [6.07, 6.45) is 1.60. The van der Waals surface area contributed by atoms with Gasteiger partial charge in [0.15, 0.2) is 0 Å². The summed E-state index contributed by atoms with van der Waals surface area (Å²) in [6, 6.07) is 12.2. The van der Waals surface area contributed by atoms with Crippen LogP contribution in [0.4, 0.5) is 11.4 Å². The zero-order valence-corrected chi connectivity index (χ0v) is 12.7. The Bertz CT molecular complexity index is 813. The Morgan fingerprint density at radius 2 is 1.96 bits per heavy atom. The number of halogens is 1. The first-order valence-corrected chi connectivity index (χ1v) is 7.29. The monoisotopic (exact) mass is 328 g/mol. The zero-order chi connectivity index (χ0) is 16.4.